The predicted molar refractivity (Wildman–Crippen MR) is 94.0 cm³/mol. The maximum atomic E-state index is 12.5. The number of methoxy groups -OCH3 is 1. The summed E-state index contributed by atoms with van der Waals surface area (Å²) in [6.45, 7) is 3.05. The van der Waals surface area contributed by atoms with E-state index in [1.165, 1.54) is 0 Å². The van der Waals surface area contributed by atoms with Gasteiger partial charge in [-0.1, -0.05) is 6.07 Å². The molecule has 3 rings (SSSR count). The molecule has 0 radical (unpaired) electrons. The standard InChI is InChI=1S/C18H22N4O3/c1-13-19-9-8-17(20-13)25-16-7-4-10-22(12-16)18(23)21-14-5-3-6-15(11-14)24-2/h3,5-6,8-9,11,16H,4,7,10,12H2,1-2H3,(H,21,23)/t16-/m0/s1. The molecule has 1 N–H and O–H groups in total. The molecule has 0 unspecified atom stereocenters. The van der Waals surface area contributed by atoms with E-state index in [0.29, 0.717) is 36.2 Å². The normalized spacial score (nSPS) is 17.0. The Hall–Kier alpha value is -2.83. The lowest BCUT2D eigenvalue weighted by Gasteiger charge is -2.32. The summed E-state index contributed by atoms with van der Waals surface area (Å²) in [5, 5.41) is 2.91. The molecule has 1 aromatic heterocycles. The lowest BCUT2D eigenvalue weighted by molar-refractivity contribution is 0.102. The Labute approximate surface area is 147 Å². The van der Waals surface area contributed by atoms with E-state index < -0.39 is 0 Å². The minimum absolute atomic E-state index is 0.0703. The third-order valence-electron chi connectivity index (χ3n) is 4.02. The number of aryl methyl sites for hydroxylation is 1. The zero-order valence-corrected chi connectivity index (χ0v) is 14.4. The molecule has 0 bridgehead atoms. The topological polar surface area (TPSA) is 76.6 Å². The van der Waals surface area contributed by atoms with E-state index in [9.17, 15) is 4.79 Å². The summed E-state index contributed by atoms with van der Waals surface area (Å²) >= 11 is 0. The van der Waals surface area contributed by atoms with Crippen LogP contribution in [-0.4, -0.2) is 47.2 Å². The van der Waals surface area contributed by atoms with Crippen LogP contribution in [0, 0.1) is 6.92 Å². The van der Waals surface area contributed by atoms with Crippen LogP contribution in [0.3, 0.4) is 0 Å². The van der Waals surface area contributed by atoms with E-state index in [0.717, 1.165) is 12.8 Å². The number of hydrogen-bond acceptors (Lipinski definition) is 5. The Morgan fingerprint density at radius 1 is 1.36 bits per heavy atom. The fraction of sp³-hybridized carbons (Fsp3) is 0.389. The van der Waals surface area contributed by atoms with Crippen molar-refractivity contribution in [1.82, 2.24) is 14.9 Å². The lowest BCUT2D eigenvalue weighted by atomic mass is 10.1. The molecular formula is C18H22N4O3. The van der Waals surface area contributed by atoms with Crippen molar-refractivity contribution in [2.75, 3.05) is 25.5 Å². The van der Waals surface area contributed by atoms with Gasteiger partial charge in [-0.05, 0) is 31.9 Å². The Morgan fingerprint density at radius 3 is 3.04 bits per heavy atom. The molecule has 1 atom stereocenters. The zero-order chi connectivity index (χ0) is 17.6. The van der Waals surface area contributed by atoms with Gasteiger partial charge in [0.05, 0.1) is 13.7 Å². The van der Waals surface area contributed by atoms with Crippen LogP contribution in [0.4, 0.5) is 10.5 Å². The number of amides is 2. The van der Waals surface area contributed by atoms with E-state index in [-0.39, 0.29) is 12.1 Å². The number of nitrogens with zero attached hydrogens (tertiary/aromatic N) is 3. The van der Waals surface area contributed by atoms with Crippen molar-refractivity contribution in [2.45, 2.75) is 25.9 Å². The number of nitrogens with one attached hydrogen (secondary N) is 1. The van der Waals surface area contributed by atoms with Gasteiger partial charge in [-0.15, -0.1) is 0 Å². The Bertz CT molecular complexity index is 738. The molecule has 1 aromatic carbocycles. The molecule has 1 aliphatic heterocycles. The number of likely N-dealkylation sites (tertiary alicyclic amines) is 1. The van der Waals surface area contributed by atoms with E-state index in [1.54, 1.807) is 30.3 Å². The number of hydrogen-bond donors (Lipinski definition) is 1. The second-order valence-electron chi connectivity index (χ2n) is 5.93. The highest BCUT2D eigenvalue weighted by atomic mass is 16.5. The maximum absolute atomic E-state index is 12.5. The summed E-state index contributed by atoms with van der Waals surface area (Å²) in [4.78, 5) is 22.6. The molecule has 7 nitrogen and oxygen atoms in total. The molecule has 2 amide bonds. The van der Waals surface area contributed by atoms with Gasteiger partial charge in [-0.2, -0.15) is 4.98 Å². The zero-order valence-electron chi connectivity index (χ0n) is 14.4. The lowest BCUT2D eigenvalue weighted by Crippen LogP contribution is -2.46. The number of urea groups is 1. The molecule has 2 heterocycles. The van der Waals surface area contributed by atoms with Crippen LogP contribution in [0.5, 0.6) is 11.6 Å². The van der Waals surface area contributed by atoms with Crippen molar-refractivity contribution in [2.24, 2.45) is 0 Å². The molecule has 0 aliphatic carbocycles. The summed E-state index contributed by atoms with van der Waals surface area (Å²) < 4.78 is 11.1. The highest BCUT2D eigenvalue weighted by Crippen LogP contribution is 2.20. The summed E-state index contributed by atoms with van der Waals surface area (Å²) in [6.07, 6.45) is 3.39. The smallest absolute Gasteiger partial charge is 0.321 e. The first kappa shape index (κ1) is 17.0. The summed E-state index contributed by atoms with van der Waals surface area (Å²) in [5.41, 5.74) is 0.707. The van der Waals surface area contributed by atoms with E-state index in [4.69, 9.17) is 9.47 Å². The van der Waals surface area contributed by atoms with Crippen LogP contribution >= 0.6 is 0 Å². The molecule has 132 valence electrons. The average Bonchev–Trinajstić information content (AvgIpc) is 2.62. The van der Waals surface area contributed by atoms with E-state index in [2.05, 4.69) is 15.3 Å². The molecule has 1 fully saturated rings. The first-order chi connectivity index (χ1) is 12.1. The molecular weight excluding hydrogens is 320 g/mol. The molecule has 7 heteroatoms. The number of benzene rings is 1. The van der Waals surface area contributed by atoms with Gasteiger partial charge >= 0.3 is 6.03 Å². The number of ether oxygens (including phenoxy) is 2. The van der Waals surface area contributed by atoms with Gasteiger partial charge < -0.3 is 19.7 Å². The molecule has 1 aliphatic rings. The summed E-state index contributed by atoms with van der Waals surface area (Å²) in [7, 11) is 1.60. The number of carbonyl (C=O) groups is 1. The Morgan fingerprint density at radius 2 is 2.24 bits per heavy atom. The summed E-state index contributed by atoms with van der Waals surface area (Å²) in [5.74, 6) is 1.92. The van der Waals surface area contributed by atoms with Crippen molar-refractivity contribution < 1.29 is 14.3 Å². The molecule has 2 aromatic rings. The maximum Gasteiger partial charge on any atom is 0.321 e. The third-order valence-corrected chi connectivity index (χ3v) is 4.02. The monoisotopic (exact) mass is 342 g/mol. The van der Waals surface area contributed by atoms with Crippen LogP contribution in [0.25, 0.3) is 0 Å². The second kappa shape index (κ2) is 7.83. The van der Waals surface area contributed by atoms with Crippen LogP contribution in [-0.2, 0) is 0 Å². The van der Waals surface area contributed by atoms with Gasteiger partial charge in [0.2, 0.25) is 5.88 Å². The number of piperidine rings is 1. The van der Waals surface area contributed by atoms with Crippen molar-refractivity contribution in [3.8, 4) is 11.6 Å². The minimum Gasteiger partial charge on any atom is -0.497 e. The van der Waals surface area contributed by atoms with E-state index >= 15 is 0 Å². The third kappa shape index (κ3) is 4.59. The molecule has 0 spiro atoms. The number of aromatic nitrogens is 2. The summed E-state index contributed by atoms with van der Waals surface area (Å²) in [6, 6.07) is 8.91. The van der Waals surface area contributed by atoms with Gasteiger partial charge in [-0.3, -0.25) is 0 Å². The molecule has 1 saturated heterocycles. The van der Waals surface area contributed by atoms with Gasteiger partial charge in [0.1, 0.15) is 17.7 Å². The fourth-order valence-electron chi connectivity index (χ4n) is 2.79. The van der Waals surface area contributed by atoms with Crippen molar-refractivity contribution in [3.05, 3.63) is 42.4 Å². The second-order valence-corrected chi connectivity index (χ2v) is 5.93. The van der Waals surface area contributed by atoms with Gasteiger partial charge in [0, 0.05) is 30.6 Å². The average molecular weight is 342 g/mol. The minimum atomic E-state index is -0.138. The van der Waals surface area contributed by atoms with Crippen molar-refractivity contribution in [3.63, 3.8) is 0 Å². The largest absolute Gasteiger partial charge is 0.497 e. The predicted octanol–water partition coefficient (Wildman–Crippen LogP) is 2.87. The van der Waals surface area contributed by atoms with Crippen molar-refractivity contribution >= 4 is 11.7 Å². The number of rotatable bonds is 4. The molecule has 25 heavy (non-hydrogen) atoms. The van der Waals surface area contributed by atoms with Gasteiger partial charge in [-0.25, -0.2) is 9.78 Å². The first-order valence-corrected chi connectivity index (χ1v) is 8.30. The van der Waals surface area contributed by atoms with Crippen LogP contribution < -0.4 is 14.8 Å². The van der Waals surface area contributed by atoms with E-state index in [1.807, 2.05) is 25.1 Å². The Kier molecular flexibility index (Phi) is 5.33. The highest BCUT2D eigenvalue weighted by molar-refractivity contribution is 5.89. The van der Waals surface area contributed by atoms with Crippen molar-refractivity contribution in [1.29, 1.82) is 0 Å². The SMILES string of the molecule is COc1cccc(NC(=O)N2CCC[C@H](Oc3ccnc(C)n3)C2)c1. The molecule has 0 saturated carbocycles. The number of carbonyl (C=O) groups excluding carboxylic acids is 1. The van der Waals surface area contributed by atoms with Crippen LogP contribution in [0.1, 0.15) is 18.7 Å². The Balaban J connectivity index is 1.59. The van der Waals surface area contributed by atoms with Crippen LogP contribution in [0.2, 0.25) is 0 Å². The van der Waals surface area contributed by atoms with Gasteiger partial charge in [0.25, 0.3) is 0 Å². The first-order valence-electron chi connectivity index (χ1n) is 8.30. The highest BCUT2D eigenvalue weighted by Gasteiger charge is 2.25. The quantitative estimate of drug-likeness (QED) is 0.924. The van der Waals surface area contributed by atoms with Gasteiger partial charge in [0.15, 0.2) is 0 Å². The van der Waals surface area contributed by atoms with Crippen LogP contribution in [0.15, 0.2) is 36.5 Å². The fourth-order valence-corrected chi connectivity index (χ4v) is 2.79. The number of anilines is 1.